The Morgan fingerprint density at radius 3 is 2.65 bits per heavy atom. The van der Waals surface area contributed by atoms with Crippen molar-refractivity contribution in [2.45, 2.75) is 24.9 Å². The van der Waals surface area contributed by atoms with Crippen LogP contribution in [0.1, 0.15) is 11.3 Å². The van der Waals surface area contributed by atoms with Crippen molar-refractivity contribution in [2.75, 3.05) is 24.2 Å². The minimum atomic E-state index is -4.30. The maximum atomic E-state index is 14.0. The van der Waals surface area contributed by atoms with E-state index in [1.807, 2.05) is 0 Å². The van der Waals surface area contributed by atoms with Gasteiger partial charge in [0.15, 0.2) is 11.6 Å². The predicted octanol–water partition coefficient (Wildman–Crippen LogP) is 5.03. The van der Waals surface area contributed by atoms with Gasteiger partial charge in [0.2, 0.25) is 0 Å². The van der Waals surface area contributed by atoms with Crippen molar-refractivity contribution in [3.05, 3.63) is 40.6 Å². The minimum absolute atomic E-state index is 0.0722. The van der Waals surface area contributed by atoms with E-state index in [0.29, 0.717) is 38.8 Å². The first-order valence-corrected chi connectivity index (χ1v) is 8.87. The average Bonchev–Trinajstić information content (AvgIpc) is 2.55. The number of rotatable bonds is 7. The van der Waals surface area contributed by atoms with Crippen LogP contribution in [0.25, 0.3) is 0 Å². The van der Waals surface area contributed by atoms with Gasteiger partial charge in [0.05, 0.1) is 18.0 Å². The zero-order valence-electron chi connectivity index (χ0n) is 14.0. The number of aryl methyl sites for hydroxylation is 2. The number of nitrogens with zero attached hydrogens (tertiary/aromatic N) is 2. The highest BCUT2D eigenvalue weighted by atomic mass is 35.5. The predicted molar refractivity (Wildman–Crippen MR) is 93.7 cm³/mol. The third kappa shape index (κ3) is 5.91. The van der Waals surface area contributed by atoms with Gasteiger partial charge < -0.3 is 10.1 Å². The molecule has 2 aromatic rings. The van der Waals surface area contributed by atoms with Crippen LogP contribution in [0, 0.1) is 19.7 Å². The smallest absolute Gasteiger partial charge is 0.398 e. The van der Waals surface area contributed by atoms with Crippen molar-refractivity contribution in [2.24, 2.45) is 0 Å². The molecule has 0 amide bonds. The molecule has 0 fully saturated rings. The van der Waals surface area contributed by atoms with Gasteiger partial charge >= 0.3 is 6.18 Å². The fourth-order valence-corrected chi connectivity index (χ4v) is 2.93. The minimum Gasteiger partial charge on any atom is -0.489 e. The Balaban J connectivity index is 1.95. The molecule has 0 aliphatic heterocycles. The fraction of sp³-hybridized carbons (Fsp3) is 0.375. The zero-order chi connectivity index (χ0) is 19.3. The molecule has 0 saturated carbocycles. The van der Waals surface area contributed by atoms with E-state index in [4.69, 9.17) is 16.3 Å². The monoisotopic (exact) mass is 409 g/mol. The van der Waals surface area contributed by atoms with E-state index in [0.717, 1.165) is 6.07 Å². The first-order valence-electron chi connectivity index (χ1n) is 7.51. The van der Waals surface area contributed by atoms with Gasteiger partial charge in [0.1, 0.15) is 23.8 Å². The number of anilines is 1. The van der Waals surface area contributed by atoms with Gasteiger partial charge in [-0.1, -0.05) is 11.6 Å². The highest BCUT2D eigenvalue weighted by Crippen LogP contribution is 2.33. The summed E-state index contributed by atoms with van der Waals surface area (Å²) >= 11 is 6.64. The van der Waals surface area contributed by atoms with Crippen molar-refractivity contribution in [3.63, 3.8) is 0 Å². The lowest BCUT2D eigenvalue weighted by atomic mass is 10.2. The van der Waals surface area contributed by atoms with Crippen LogP contribution in [0.15, 0.2) is 23.4 Å². The maximum absolute atomic E-state index is 14.0. The average molecular weight is 410 g/mol. The summed E-state index contributed by atoms with van der Waals surface area (Å²) in [7, 11) is 0. The molecule has 4 nitrogen and oxygen atoms in total. The first kappa shape index (κ1) is 20.6. The molecule has 0 spiro atoms. The van der Waals surface area contributed by atoms with E-state index < -0.39 is 17.7 Å². The number of benzene rings is 1. The largest absolute Gasteiger partial charge is 0.489 e. The molecule has 1 heterocycles. The van der Waals surface area contributed by atoms with E-state index in [1.54, 1.807) is 13.8 Å². The molecule has 2 rings (SSSR count). The molecule has 0 atom stereocenters. The first-order chi connectivity index (χ1) is 12.2. The quantitative estimate of drug-likeness (QED) is 0.395. The molecule has 0 radical (unpaired) electrons. The van der Waals surface area contributed by atoms with Crippen LogP contribution in [0.5, 0.6) is 5.75 Å². The Kier molecular flexibility index (Phi) is 6.94. The Hall–Kier alpha value is -1.74. The van der Waals surface area contributed by atoms with Crippen LogP contribution in [-0.4, -0.2) is 35.0 Å². The summed E-state index contributed by atoms with van der Waals surface area (Å²) in [5.74, 6) is -1.36. The van der Waals surface area contributed by atoms with Crippen LogP contribution in [0.3, 0.4) is 0 Å². The second-order valence-corrected chi connectivity index (χ2v) is 6.74. The summed E-state index contributed by atoms with van der Waals surface area (Å²) in [5.41, 5.74) is 1.03. The van der Waals surface area contributed by atoms with Gasteiger partial charge in [-0.25, -0.2) is 14.4 Å². The van der Waals surface area contributed by atoms with Crippen LogP contribution < -0.4 is 10.1 Å². The summed E-state index contributed by atoms with van der Waals surface area (Å²) < 4.78 is 56.4. The molecule has 0 bridgehead atoms. The highest BCUT2D eigenvalue weighted by Gasteiger charge is 2.27. The molecule has 26 heavy (non-hydrogen) atoms. The lowest BCUT2D eigenvalue weighted by Gasteiger charge is -2.13. The van der Waals surface area contributed by atoms with Crippen LogP contribution in [0.4, 0.5) is 23.4 Å². The Bertz CT molecular complexity index is 774. The van der Waals surface area contributed by atoms with Gasteiger partial charge in [-0.3, -0.25) is 0 Å². The molecule has 0 unspecified atom stereocenters. The number of halogens is 5. The molecule has 0 aliphatic carbocycles. The number of thioether (sulfide) groups is 1. The van der Waals surface area contributed by atoms with Crippen molar-refractivity contribution in [1.29, 1.82) is 0 Å². The summed E-state index contributed by atoms with van der Waals surface area (Å²) in [4.78, 5) is 8.23. The third-order valence-corrected chi connectivity index (χ3v) is 4.91. The second-order valence-electron chi connectivity index (χ2n) is 5.35. The Labute approximate surface area is 157 Å². The summed E-state index contributed by atoms with van der Waals surface area (Å²) in [6.45, 7) is 3.62. The second kappa shape index (κ2) is 8.77. The Morgan fingerprint density at radius 1 is 1.23 bits per heavy atom. The topological polar surface area (TPSA) is 47.0 Å². The van der Waals surface area contributed by atoms with Crippen LogP contribution in [0.2, 0.25) is 5.02 Å². The Morgan fingerprint density at radius 2 is 1.96 bits per heavy atom. The summed E-state index contributed by atoms with van der Waals surface area (Å²) in [5, 5.41) is 3.30. The lowest BCUT2D eigenvalue weighted by molar-refractivity contribution is -0.105. The third-order valence-electron chi connectivity index (χ3n) is 3.24. The van der Waals surface area contributed by atoms with Crippen molar-refractivity contribution < 1.29 is 22.3 Å². The van der Waals surface area contributed by atoms with E-state index in [-0.39, 0.29) is 18.9 Å². The summed E-state index contributed by atoms with van der Waals surface area (Å²) in [6, 6.07) is 2.44. The van der Waals surface area contributed by atoms with Crippen LogP contribution in [-0.2, 0) is 0 Å². The number of hydrogen-bond donors (Lipinski definition) is 1. The number of aromatic nitrogens is 2. The van der Waals surface area contributed by atoms with E-state index in [1.165, 1.54) is 12.4 Å². The van der Waals surface area contributed by atoms with Gasteiger partial charge in [0, 0.05) is 4.90 Å². The highest BCUT2D eigenvalue weighted by molar-refractivity contribution is 7.99. The van der Waals surface area contributed by atoms with Gasteiger partial charge in [-0.05, 0) is 31.5 Å². The lowest BCUT2D eigenvalue weighted by Crippen LogP contribution is -2.14. The molecule has 0 aliphatic rings. The number of ether oxygens (including phenoxy) is 1. The molecule has 142 valence electrons. The fourth-order valence-electron chi connectivity index (χ4n) is 1.97. The van der Waals surface area contributed by atoms with Gasteiger partial charge in [-0.15, -0.1) is 11.8 Å². The van der Waals surface area contributed by atoms with Crippen LogP contribution >= 0.6 is 23.4 Å². The molecule has 1 aromatic heterocycles. The standard InChI is InChI=1S/C16H16ClF4N3OS/c1-9-5-11(18)12(6-13(9)26-7-16(19,20)21)25-4-3-22-15-14(17)10(2)23-8-24-15/h5-6,8H,3-4,7H2,1-2H3,(H,22,23,24). The van der Waals surface area contributed by atoms with Crippen molar-refractivity contribution >= 4 is 29.2 Å². The molecular formula is C16H16ClF4N3OS. The molecular weight excluding hydrogens is 394 g/mol. The van der Waals surface area contributed by atoms with Gasteiger partial charge in [0.25, 0.3) is 0 Å². The van der Waals surface area contributed by atoms with Crippen molar-refractivity contribution in [1.82, 2.24) is 9.97 Å². The van der Waals surface area contributed by atoms with Crippen molar-refractivity contribution in [3.8, 4) is 5.75 Å². The maximum Gasteiger partial charge on any atom is 0.398 e. The molecule has 1 aromatic carbocycles. The molecule has 1 N–H and O–H groups in total. The normalized spacial score (nSPS) is 11.5. The number of hydrogen-bond acceptors (Lipinski definition) is 5. The zero-order valence-corrected chi connectivity index (χ0v) is 15.5. The van der Waals surface area contributed by atoms with E-state index in [9.17, 15) is 17.6 Å². The molecule has 10 heteroatoms. The van der Waals surface area contributed by atoms with Gasteiger partial charge in [-0.2, -0.15) is 13.2 Å². The SMILES string of the molecule is Cc1cc(F)c(OCCNc2ncnc(C)c2Cl)cc1SCC(F)(F)F. The number of nitrogens with one attached hydrogen (secondary N) is 1. The van der Waals surface area contributed by atoms with E-state index >= 15 is 0 Å². The molecule has 0 saturated heterocycles. The van der Waals surface area contributed by atoms with E-state index in [2.05, 4.69) is 15.3 Å². The number of alkyl halides is 3. The summed E-state index contributed by atoms with van der Waals surface area (Å²) in [6.07, 6.45) is -2.94.